The van der Waals surface area contributed by atoms with E-state index in [1.165, 1.54) is 0 Å². The Hall–Kier alpha value is -1.36. The molecule has 0 fully saturated rings. The maximum atomic E-state index is 9.58. The van der Waals surface area contributed by atoms with Gasteiger partial charge in [0, 0.05) is 12.0 Å². The molecular formula is C12H13BrN2O2. The Morgan fingerprint density at radius 2 is 2.18 bits per heavy atom. The molecule has 0 amide bonds. The van der Waals surface area contributed by atoms with E-state index in [0.29, 0.717) is 27.7 Å². The van der Waals surface area contributed by atoms with Crippen molar-refractivity contribution in [3.63, 3.8) is 0 Å². The number of aromatic nitrogens is 2. The van der Waals surface area contributed by atoms with Gasteiger partial charge in [-0.1, -0.05) is 19.0 Å². The quantitative estimate of drug-likeness (QED) is 0.943. The summed E-state index contributed by atoms with van der Waals surface area (Å²) in [4.78, 5) is 4.29. The fourth-order valence-electron chi connectivity index (χ4n) is 1.46. The molecule has 0 aliphatic heterocycles. The van der Waals surface area contributed by atoms with Gasteiger partial charge in [0.2, 0.25) is 0 Å². The van der Waals surface area contributed by atoms with Gasteiger partial charge in [-0.25, -0.2) is 0 Å². The van der Waals surface area contributed by atoms with Crippen molar-refractivity contribution in [1.82, 2.24) is 10.1 Å². The third kappa shape index (κ3) is 2.85. The number of nitrogens with zero attached hydrogens (tertiary/aromatic N) is 2. The smallest absolute Gasteiger partial charge is 0.258 e. The van der Waals surface area contributed by atoms with Crippen molar-refractivity contribution in [2.45, 2.75) is 20.3 Å². The predicted molar refractivity (Wildman–Crippen MR) is 67.6 cm³/mol. The molecule has 2 aromatic rings. The van der Waals surface area contributed by atoms with E-state index in [9.17, 15) is 5.11 Å². The summed E-state index contributed by atoms with van der Waals surface area (Å²) in [6.45, 7) is 4.20. The number of halogens is 1. The molecule has 0 saturated carbocycles. The number of hydrogen-bond acceptors (Lipinski definition) is 4. The zero-order valence-corrected chi connectivity index (χ0v) is 11.2. The average Bonchev–Trinajstić information content (AvgIpc) is 2.69. The van der Waals surface area contributed by atoms with Crippen molar-refractivity contribution in [2.75, 3.05) is 0 Å². The third-order valence-corrected chi connectivity index (χ3v) is 2.92. The third-order valence-electron chi connectivity index (χ3n) is 2.25. The van der Waals surface area contributed by atoms with E-state index in [1.54, 1.807) is 12.1 Å². The normalized spacial score (nSPS) is 11.1. The SMILES string of the molecule is CC(C)Cc1noc(-c2ccc(Br)c(O)c2)n1. The van der Waals surface area contributed by atoms with Crippen LogP contribution in [-0.2, 0) is 6.42 Å². The lowest BCUT2D eigenvalue weighted by atomic mass is 10.1. The van der Waals surface area contributed by atoms with Crippen molar-refractivity contribution in [3.05, 3.63) is 28.5 Å². The zero-order chi connectivity index (χ0) is 12.4. The number of phenols is 1. The predicted octanol–water partition coefficient (Wildman–Crippen LogP) is 3.40. The number of benzene rings is 1. The standard InChI is InChI=1S/C12H13BrN2O2/c1-7(2)5-11-14-12(17-15-11)8-3-4-9(13)10(16)6-8/h3-4,6-7,16H,5H2,1-2H3. The lowest BCUT2D eigenvalue weighted by Gasteiger charge is -1.98. The lowest BCUT2D eigenvalue weighted by molar-refractivity contribution is 0.417. The Bertz CT molecular complexity index is 523. The Labute approximate surface area is 108 Å². The first kappa shape index (κ1) is 12.1. The van der Waals surface area contributed by atoms with Crippen LogP contribution in [0.1, 0.15) is 19.7 Å². The highest BCUT2D eigenvalue weighted by Gasteiger charge is 2.11. The van der Waals surface area contributed by atoms with Gasteiger partial charge in [0.05, 0.1) is 4.47 Å². The average molecular weight is 297 g/mol. The highest BCUT2D eigenvalue weighted by Crippen LogP contribution is 2.29. The molecule has 0 aliphatic rings. The molecule has 2 rings (SSSR count). The molecule has 1 aromatic heterocycles. The van der Waals surface area contributed by atoms with Crippen LogP contribution in [0.25, 0.3) is 11.5 Å². The molecule has 90 valence electrons. The topological polar surface area (TPSA) is 59.2 Å². The van der Waals surface area contributed by atoms with Gasteiger partial charge in [-0.15, -0.1) is 0 Å². The minimum Gasteiger partial charge on any atom is -0.507 e. The van der Waals surface area contributed by atoms with Gasteiger partial charge in [0.1, 0.15) is 5.75 Å². The van der Waals surface area contributed by atoms with E-state index in [-0.39, 0.29) is 5.75 Å². The molecule has 5 heteroatoms. The summed E-state index contributed by atoms with van der Waals surface area (Å²) < 4.78 is 5.80. The molecule has 0 spiro atoms. The molecule has 0 radical (unpaired) electrons. The first-order valence-corrected chi connectivity index (χ1v) is 6.17. The first-order valence-electron chi connectivity index (χ1n) is 5.37. The second-order valence-electron chi connectivity index (χ2n) is 4.28. The fourth-order valence-corrected chi connectivity index (χ4v) is 1.71. The number of aromatic hydroxyl groups is 1. The molecule has 0 aliphatic carbocycles. The van der Waals surface area contributed by atoms with Crippen molar-refractivity contribution in [2.24, 2.45) is 5.92 Å². The highest BCUT2D eigenvalue weighted by molar-refractivity contribution is 9.10. The van der Waals surface area contributed by atoms with Crippen LogP contribution in [-0.4, -0.2) is 15.2 Å². The summed E-state index contributed by atoms with van der Waals surface area (Å²) in [6.07, 6.45) is 0.784. The Morgan fingerprint density at radius 1 is 1.41 bits per heavy atom. The summed E-state index contributed by atoms with van der Waals surface area (Å²) in [5.74, 6) is 1.77. The Morgan fingerprint density at radius 3 is 2.82 bits per heavy atom. The van der Waals surface area contributed by atoms with Crippen molar-refractivity contribution in [1.29, 1.82) is 0 Å². The first-order chi connectivity index (χ1) is 8.06. The number of hydrogen-bond donors (Lipinski definition) is 1. The summed E-state index contributed by atoms with van der Waals surface area (Å²) in [5.41, 5.74) is 0.716. The van der Waals surface area contributed by atoms with Crippen molar-refractivity contribution >= 4 is 15.9 Å². The van der Waals surface area contributed by atoms with E-state index >= 15 is 0 Å². The molecule has 0 unspecified atom stereocenters. The maximum Gasteiger partial charge on any atom is 0.258 e. The van der Waals surface area contributed by atoms with Crippen LogP contribution in [0.2, 0.25) is 0 Å². The molecule has 0 atom stereocenters. The summed E-state index contributed by atoms with van der Waals surface area (Å²) >= 11 is 3.22. The molecule has 0 saturated heterocycles. The van der Waals surface area contributed by atoms with Crippen LogP contribution in [0.5, 0.6) is 5.75 Å². The molecule has 17 heavy (non-hydrogen) atoms. The fraction of sp³-hybridized carbons (Fsp3) is 0.333. The van der Waals surface area contributed by atoms with Crippen molar-refractivity contribution < 1.29 is 9.63 Å². The van der Waals surface area contributed by atoms with Crippen molar-refractivity contribution in [3.8, 4) is 17.2 Å². The summed E-state index contributed by atoms with van der Waals surface area (Å²) in [6, 6.07) is 5.16. The van der Waals surface area contributed by atoms with E-state index in [0.717, 1.165) is 6.42 Å². The minimum absolute atomic E-state index is 0.158. The summed E-state index contributed by atoms with van der Waals surface area (Å²) in [7, 11) is 0. The second-order valence-corrected chi connectivity index (χ2v) is 5.13. The van der Waals surface area contributed by atoms with E-state index in [1.807, 2.05) is 6.07 Å². The molecule has 0 bridgehead atoms. The number of rotatable bonds is 3. The van der Waals surface area contributed by atoms with Gasteiger partial charge in [-0.3, -0.25) is 0 Å². The van der Waals surface area contributed by atoms with Crippen LogP contribution in [0.3, 0.4) is 0 Å². The van der Waals surface area contributed by atoms with Crippen LogP contribution in [0.15, 0.2) is 27.2 Å². The van der Waals surface area contributed by atoms with Crippen LogP contribution in [0, 0.1) is 5.92 Å². The van der Waals surface area contributed by atoms with Gasteiger partial charge >= 0.3 is 0 Å². The van der Waals surface area contributed by atoms with E-state index < -0.39 is 0 Å². The van der Waals surface area contributed by atoms with Gasteiger partial charge in [0.15, 0.2) is 5.82 Å². The van der Waals surface area contributed by atoms with Crippen LogP contribution in [0.4, 0.5) is 0 Å². The van der Waals surface area contributed by atoms with Gasteiger partial charge in [-0.2, -0.15) is 4.98 Å². The van der Waals surface area contributed by atoms with Gasteiger partial charge in [-0.05, 0) is 40.0 Å². The molecular weight excluding hydrogens is 284 g/mol. The van der Waals surface area contributed by atoms with Gasteiger partial charge in [0.25, 0.3) is 5.89 Å². The lowest BCUT2D eigenvalue weighted by Crippen LogP contribution is -1.95. The van der Waals surface area contributed by atoms with E-state index in [2.05, 4.69) is 39.9 Å². The number of phenolic OH excluding ortho intramolecular Hbond substituents is 1. The molecule has 1 heterocycles. The van der Waals surface area contributed by atoms with Crippen LogP contribution >= 0.6 is 15.9 Å². The monoisotopic (exact) mass is 296 g/mol. The Kier molecular flexibility index (Phi) is 3.47. The van der Waals surface area contributed by atoms with Crippen LogP contribution < -0.4 is 0 Å². The highest BCUT2D eigenvalue weighted by atomic mass is 79.9. The summed E-state index contributed by atoms with van der Waals surface area (Å²) in [5, 5.41) is 13.5. The second kappa shape index (κ2) is 4.87. The Balaban J connectivity index is 2.27. The van der Waals surface area contributed by atoms with Gasteiger partial charge < -0.3 is 9.63 Å². The van der Waals surface area contributed by atoms with E-state index in [4.69, 9.17) is 4.52 Å². The maximum absolute atomic E-state index is 9.58. The zero-order valence-electron chi connectivity index (χ0n) is 9.64. The molecule has 1 N–H and O–H groups in total. The molecule has 4 nitrogen and oxygen atoms in total. The molecule has 1 aromatic carbocycles. The largest absolute Gasteiger partial charge is 0.507 e. The minimum atomic E-state index is 0.158.